The highest BCUT2D eigenvalue weighted by Crippen LogP contribution is 2.22. The molecular formula is C13H19NO5S. The van der Waals surface area contributed by atoms with E-state index in [0.717, 1.165) is 4.31 Å². The van der Waals surface area contributed by atoms with Crippen LogP contribution < -0.4 is 4.31 Å². The topological polar surface area (TPSA) is 72.9 Å². The monoisotopic (exact) mass is 301 g/mol. The number of benzene rings is 1. The van der Waals surface area contributed by atoms with Gasteiger partial charge in [-0.05, 0) is 18.6 Å². The number of esters is 1. The molecule has 0 aliphatic heterocycles. The molecule has 0 atom stereocenters. The van der Waals surface area contributed by atoms with Gasteiger partial charge in [0.15, 0.2) is 0 Å². The summed E-state index contributed by atoms with van der Waals surface area (Å²) in [6.07, 6.45) is 0.392. The zero-order valence-corrected chi connectivity index (χ0v) is 12.6. The normalized spacial score (nSPS) is 11.2. The first-order valence-electron chi connectivity index (χ1n) is 6.07. The Morgan fingerprint density at radius 2 is 1.90 bits per heavy atom. The number of carbonyl (C=O) groups excluding carboxylic acids is 1. The number of hydrogen-bond acceptors (Lipinski definition) is 5. The van der Waals surface area contributed by atoms with Crippen LogP contribution in [0.25, 0.3) is 0 Å². The van der Waals surface area contributed by atoms with Crippen LogP contribution in [0.2, 0.25) is 0 Å². The quantitative estimate of drug-likeness (QED) is 0.560. The van der Waals surface area contributed by atoms with Crippen molar-refractivity contribution in [2.45, 2.75) is 6.42 Å². The molecule has 1 aromatic carbocycles. The molecule has 0 N–H and O–H groups in total. The molecule has 1 rings (SSSR count). The van der Waals surface area contributed by atoms with E-state index in [4.69, 9.17) is 4.74 Å². The van der Waals surface area contributed by atoms with E-state index < -0.39 is 16.0 Å². The number of nitrogens with zero attached hydrogens (tertiary/aromatic N) is 1. The Hall–Kier alpha value is -1.60. The third kappa shape index (κ3) is 3.94. The molecule has 1 aromatic rings. The molecule has 0 spiro atoms. The summed E-state index contributed by atoms with van der Waals surface area (Å²) in [6.45, 7) is 0.367. The van der Waals surface area contributed by atoms with Crippen molar-refractivity contribution in [3.8, 4) is 0 Å². The zero-order valence-electron chi connectivity index (χ0n) is 11.8. The molecule has 20 heavy (non-hydrogen) atoms. The molecule has 7 heteroatoms. The van der Waals surface area contributed by atoms with E-state index in [2.05, 4.69) is 4.74 Å². The highest BCUT2D eigenvalue weighted by atomic mass is 32.2. The van der Waals surface area contributed by atoms with Crippen molar-refractivity contribution in [3.63, 3.8) is 0 Å². The molecule has 0 aliphatic rings. The predicted octanol–water partition coefficient (Wildman–Crippen LogP) is 1.28. The summed E-state index contributed by atoms with van der Waals surface area (Å²) in [7, 11) is 0.689. The van der Waals surface area contributed by atoms with E-state index >= 15 is 0 Å². The van der Waals surface area contributed by atoms with Gasteiger partial charge in [-0.25, -0.2) is 13.2 Å². The summed E-state index contributed by atoms with van der Waals surface area (Å²) < 4.78 is 35.0. The second-order valence-electron chi connectivity index (χ2n) is 4.14. The largest absolute Gasteiger partial charge is 0.465 e. The third-order valence-electron chi connectivity index (χ3n) is 2.82. The predicted molar refractivity (Wildman–Crippen MR) is 76.5 cm³/mol. The van der Waals surface area contributed by atoms with E-state index in [1.165, 1.54) is 27.3 Å². The number of anilines is 1. The van der Waals surface area contributed by atoms with Crippen molar-refractivity contribution in [1.29, 1.82) is 0 Å². The smallest absolute Gasteiger partial charge is 0.340 e. The number of para-hydroxylation sites is 1. The molecule has 0 aliphatic carbocycles. The van der Waals surface area contributed by atoms with Crippen LogP contribution in [0.1, 0.15) is 16.8 Å². The lowest BCUT2D eigenvalue weighted by molar-refractivity contribution is 0.0601. The lowest BCUT2D eigenvalue weighted by atomic mass is 10.2. The summed E-state index contributed by atoms with van der Waals surface area (Å²) in [5, 5.41) is 0. The lowest BCUT2D eigenvalue weighted by Crippen LogP contribution is -2.30. The van der Waals surface area contributed by atoms with E-state index in [9.17, 15) is 13.2 Å². The number of carbonyl (C=O) groups is 1. The van der Waals surface area contributed by atoms with E-state index in [0.29, 0.717) is 18.7 Å². The average molecular weight is 301 g/mol. The molecule has 0 radical (unpaired) electrons. The summed E-state index contributed by atoms with van der Waals surface area (Å²) >= 11 is 0. The molecule has 0 aromatic heterocycles. The first kappa shape index (κ1) is 16.5. The van der Waals surface area contributed by atoms with E-state index in [1.54, 1.807) is 18.2 Å². The molecule has 0 amide bonds. The minimum absolute atomic E-state index is 0.0488. The van der Waals surface area contributed by atoms with Crippen molar-refractivity contribution in [1.82, 2.24) is 0 Å². The van der Waals surface area contributed by atoms with Crippen LogP contribution in [0.4, 0.5) is 5.69 Å². The maximum atomic E-state index is 12.2. The number of ether oxygens (including phenoxy) is 2. The summed E-state index contributed by atoms with van der Waals surface area (Å²) in [6, 6.07) is 6.42. The Morgan fingerprint density at radius 1 is 1.25 bits per heavy atom. The van der Waals surface area contributed by atoms with Gasteiger partial charge in [0.25, 0.3) is 0 Å². The Bertz CT molecular complexity index is 556. The number of sulfonamides is 1. The summed E-state index contributed by atoms with van der Waals surface area (Å²) in [4.78, 5) is 11.7. The fourth-order valence-corrected chi connectivity index (χ4v) is 2.92. The van der Waals surface area contributed by atoms with Gasteiger partial charge in [-0.15, -0.1) is 0 Å². The fraction of sp³-hybridized carbons (Fsp3) is 0.462. The molecular weight excluding hydrogens is 282 g/mol. The molecule has 0 saturated heterocycles. The third-order valence-corrected chi connectivity index (χ3v) is 4.65. The van der Waals surface area contributed by atoms with Crippen molar-refractivity contribution in [3.05, 3.63) is 29.8 Å². The molecule has 112 valence electrons. The van der Waals surface area contributed by atoms with Gasteiger partial charge in [0.05, 0.1) is 24.1 Å². The SMILES string of the molecule is COCCCS(=O)(=O)N(C)c1ccccc1C(=O)OC. The Kier molecular flexibility index (Phi) is 5.97. The summed E-state index contributed by atoms with van der Waals surface area (Å²) in [5.74, 6) is -0.619. The van der Waals surface area contributed by atoms with Crippen LogP contribution in [0.15, 0.2) is 24.3 Å². The van der Waals surface area contributed by atoms with Gasteiger partial charge in [-0.2, -0.15) is 0 Å². The van der Waals surface area contributed by atoms with Crippen LogP contribution in [0.5, 0.6) is 0 Å². The van der Waals surface area contributed by atoms with Crippen molar-refractivity contribution in [2.24, 2.45) is 0 Å². The maximum Gasteiger partial charge on any atom is 0.340 e. The Morgan fingerprint density at radius 3 is 2.50 bits per heavy atom. The van der Waals surface area contributed by atoms with E-state index in [1.807, 2.05) is 0 Å². The van der Waals surface area contributed by atoms with Crippen LogP contribution in [-0.2, 0) is 19.5 Å². The average Bonchev–Trinajstić information content (AvgIpc) is 2.45. The maximum absolute atomic E-state index is 12.2. The minimum Gasteiger partial charge on any atom is -0.465 e. The fourth-order valence-electron chi connectivity index (χ4n) is 1.70. The van der Waals surface area contributed by atoms with Gasteiger partial charge in [-0.3, -0.25) is 4.31 Å². The molecule has 0 saturated carbocycles. The number of rotatable bonds is 7. The highest BCUT2D eigenvalue weighted by Gasteiger charge is 2.22. The summed E-state index contributed by atoms with van der Waals surface area (Å²) in [5.41, 5.74) is 0.518. The number of hydrogen-bond donors (Lipinski definition) is 0. The van der Waals surface area contributed by atoms with Crippen molar-refractivity contribution in [2.75, 3.05) is 37.9 Å². The van der Waals surface area contributed by atoms with Crippen LogP contribution in [-0.4, -0.2) is 48.0 Å². The molecule has 0 bridgehead atoms. The van der Waals surface area contributed by atoms with Crippen molar-refractivity contribution >= 4 is 21.7 Å². The van der Waals surface area contributed by atoms with Crippen LogP contribution >= 0.6 is 0 Å². The van der Waals surface area contributed by atoms with E-state index in [-0.39, 0.29) is 11.3 Å². The van der Waals surface area contributed by atoms with Crippen LogP contribution in [0.3, 0.4) is 0 Å². The number of methoxy groups -OCH3 is 2. The highest BCUT2D eigenvalue weighted by molar-refractivity contribution is 7.92. The van der Waals surface area contributed by atoms with Gasteiger partial charge in [0.2, 0.25) is 10.0 Å². The molecule has 6 nitrogen and oxygen atoms in total. The molecule has 0 heterocycles. The first-order chi connectivity index (χ1) is 9.44. The second-order valence-corrected chi connectivity index (χ2v) is 6.26. The van der Waals surface area contributed by atoms with Gasteiger partial charge in [0, 0.05) is 20.8 Å². The van der Waals surface area contributed by atoms with Gasteiger partial charge in [-0.1, -0.05) is 12.1 Å². The lowest BCUT2D eigenvalue weighted by Gasteiger charge is -2.21. The first-order valence-corrected chi connectivity index (χ1v) is 7.68. The second kappa shape index (κ2) is 7.25. The molecule has 0 fully saturated rings. The minimum atomic E-state index is -3.50. The Labute approximate surface area is 119 Å². The molecule has 0 unspecified atom stereocenters. The van der Waals surface area contributed by atoms with Gasteiger partial charge in [0.1, 0.15) is 0 Å². The van der Waals surface area contributed by atoms with Crippen molar-refractivity contribution < 1.29 is 22.7 Å². The Balaban J connectivity index is 3.02. The zero-order chi connectivity index (χ0) is 15.2. The standard InChI is InChI=1S/C13H19NO5S/c1-14(20(16,17)10-6-9-18-2)12-8-5-4-7-11(12)13(15)19-3/h4-5,7-8H,6,9-10H2,1-3H3. The van der Waals surface area contributed by atoms with Crippen LogP contribution in [0, 0.1) is 0 Å². The van der Waals surface area contributed by atoms with Gasteiger partial charge < -0.3 is 9.47 Å². The van der Waals surface area contributed by atoms with Gasteiger partial charge >= 0.3 is 5.97 Å².